The topological polar surface area (TPSA) is 83.9 Å². The highest BCUT2D eigenvalue weighted by atomic mass is 35.5. The van der Waals surface area contributed by atoms with Gasteiger partial charge in [-0.1, -0.05) is 13.8 Å². The van der Waals surface area contributed by atoms with Gasteiger partial charge in [-0.25, -0.2) is 19.9 Å². The Hall–Kier alpha value is -2.28. The lowest BCUT2D eigenvalue weighted by molar-refractivity contribution is -0.113. The molecule has 0 radical (unpaired) electrons. The molecule has 1 aliphatic rings. The van der Waals surface area contributed by atoms with Crippen molar-refractivity contribution in [2.24, 2.45) is 5.41 Å². The van der Waals surface area contributed by atoms with Gasteiger partial charge in [0, 0.05) is 31.7 Å². The molecule has 1 aliphatic heterocycles. The van der Waals surface area contributed by atoms with Crippen molar-refractivity contribution in [3.05, 3.63) is 24.7 Å². The molecule has 0 unspecified atom stereocenters. The van der Waals surface area contributed by atoms with Gasteiger partial charge in [-0.05, 0) is 11.5 Å². The van der Waals surface area contributed by atoms with Crippen LogP contribution in [0.5, 0.6) is 0 Å². The molecule has 3 rings (SSSR count). The van der Waals surface area contributed by atoms with E-state index < -0.39 is 0 Å². The first-order chi connectivity index (χ1) is 11.0. The minimum atomic E-state index is -0.316. The van der Waals surface area contributed by atoms with E-state index in [0.29, 0.717) is 28.6 Å². The molecule has 0 atom stereocenters. The molecule has 1 saturated heterocycles. The lowest BCUT2D eigenvalue weighted by Gasteiger charge is -2.45. The van der Waals surface area contributed by atoms with Crippen molar-refractivity contribution in [3.63, 3.8) is 0 Å². The number of nitrogens with one attached hydrogen (secondary N) is 1. The van der Waals surface area contributed by atoms with Crippen molar-refractivity contribution < 1.29 is 4.79 Å². The lowest BCUT2D eigenvalue weighted by atomic mass is 9.85. The quantitative estimate of drug-likeness (QED) is 0.862. The molecule has 2 aromatic heterocycles. The number of rotatable bonds is 4. The number of carbonyl (C=O) groups excluding carboxylic acids is 1. The van der Waals surface area contributed by atoms with Crippen molar-refractivity contribution in [2.45, 2.75) is 13.8 Å². The summed E-state index contributed by atoms with van der Waals surface area (Å²) in [5, 5.41) is 2.59. The van der Waals surface area contributed by atoms with E-state index in [9.17, 15) is 4.79 Å². The molecular formula is C15H17ClN6O. The summed E-state index contributed by atoms with van der Waals surface area (Å²) in [7, 11) is 0. The monoisotopic (exact) mass is 332 g/mol. The van der Waals surface area contributed by atoms with Crippen molar-refractivity contribution in [2.75, 3.05) is 29.2 Å². The van der Waals surface area contributed by atoms with Gasteiger partial charge in [-0.15, -0.1) is 11.6 Å². The van der Waals surface area contributed by atoms with Crippen LogP contribution in [0, 0.1) is 5.41 Å². The van der Waals surface area contributed by atoms with E-state index in [2.05, 4.69) is 44.0 Å². The van der Waals surface area contributed by atoms with Gasteiger partial charge in [0.2, 0.25) is 11.9 Å². The summed E-state index contributed by atoms with van der Waals surface area (Å²) in [6.45, 7) is 6.32. The van der Waals surface area contributed by atoms with Gasteiger partial charge < -0.3 is 10.2 Å². The molecule has 0 aliphatic carbocycles. The summed E-state index contributed by atoms with van der Waals surface area (Å²) in [6, 6.07) is 1.60. The Balaban J connectivity index is 1.74. The molecule has 0 spiro atoms. The zero-order valence-electron chi connectivity index (χ0n) is 13.0. The second kappa shape index (κ2) is 6.08. The number of hydrogen-bond donors (Lipinski definition) is 1. The van der Waals surface area contributed by atoms with Gasteiger partial charge >= 0.3 is 0 Å². The number of anilines is 2. The van der Waals surface area contributed by atoms with Crippen LogP contribution in [-0.4, -0.2) is 44.8 Å². The second-order valence-electron chi connectivity index (χ2n) is 6.24. The zero-order chi connectivity index (χ0) is 16.4. The third kappa shape index (κ3) is 3.56. The second-order valence-corrected chi connectivity index (χ2v) is 6.51. The molecule has 1 N–H and O–H groups in total. The van der Waals surface area contributed by atoms with Crippen LogP contribution in [0.4, 0.5) is 11.8 Å². The van der Waals surface area contributed by atoms with Crippen LogP contribution in [-0.2, 0) is 4.79 Å². The number of aromatic nitrogens is 4. The average molecular weight is 333 g/mol. The largest absolute Gasteiger partial charge is 0.340 e. The molecule has 1 amide bonds. The van der Waals surface area contributed by atoms with E-state index in [1.807, 2.05) is 0 Å². The predicted octanol–water partition coefficient (Wildman–Crippen LogP) is 1.96. The maximum atomic E-state index is 11.3. The summed E-state index contributed by atoms with van der Waals surface area (Å²) >= 11 is 5.46. The fourth-order valence-electron chi connectivity index (χ4n) is 2.47. The van der Waals surface area contributed by atoms with Crippen LogP contribution in [0.25, 0.3) is 11.4 Å². The molecule has 1 fully saturated rings. The smallest absolute Gasteiger partial charge is 0.240 e. The Kier molecular flexibility index (Phi) is 4.12. The average Bonchev–Trinajstić information content (AvgIpc) is 2.53. The molecule has 3 heterocycles. The fourth-order valence-corrected chi connectivity index (χ4v) is 2.54. The number of nitrogens with zero attached hydrogens (tertiary/aromatic N) is 5. The normalized spacial score (nSPS) is 15.9. The first-order valence-corrected chi connectivity index (χ1v) is 7.76. The van der Waals surface area contributed by atoms with E-state index in [1.165, 1.54) is 0 Å². The van der Waals surface area contributed by atoms with Crippen LogP contribution >= 0.6 is 11.6 Å². The van der Waals surface area contributed by atoms with Gasteiger partial charge in [-0.3, -0.25) is 4.79 Å². The van der Waals surface area contributed by atoms with Gasteiger partial charge in [0.15, 0.2) is 5.82 Å². The highest BCUT2D eigenvalue weighted by molar-refractivity contribution is 6.29. The molecule has 7 nitrogen and oxygen atoms in total. The van der Waals surface area contributed by atoms with Crippen LogP contribution in [0.3, 0.4) is 0 Å². The molecule has 23 heavy (non-hydrogen) atoms. The van der Waals surface area contributed by atoms with Gasteiger partial charge in [0.1, 0.15) is 11.7 Å². The Labute approximate surface area is 139 Å². The highest BCUT2D eigenvalue weighted by Gasteiger charge is 2.35. The standard InChI is InChI=1S/C15H17ClN6O/c1-15(2)8-22(9-15)14-18-6-10(7-19-14)13-17-4-3-11(21-13)20-12(23)5-16/h3-4,6-7H,5,8-9H2,1-2H3,(H,17,20,21,23). The molecule has 120 valence electrons. The summed E-state index contributed by atoms with van der Waals surface area (Å²) < 4.78 is 0. The van der Waals surface area contributed by atoms with Crippen LogP contribution < -0.4 is 10.2 Å². The van der Waals surface area contributed by atoms with Crippen molar-refractivity contribution in [1.29, 1.82) is 0 Å². The predicted molar refractivity (Wildman–Crippen MR) is 88.4 cm³/mol. The maximum Gasteiger partial charge on any atom is 0.240 e. The van der Waals surface area contributed by atoms with E-state index in [-0.39, 0.29) is 11.8 Å². The first kappa shape index (κ1) is 15.6. The lowest BCUT2D eigenvalue weighted by Crippen LogP contribution is -2.53. The Morgan fingerprint density at radius 1 is 1.30 bits per heavy atom. The zero-order valence-corrected chi connectivity index (χ0v) is 13.7. The third-order valence-electron chi connectivity index (χ3n) is 3.46. The Morgan fingerprint density at radius 2 is 2.00 bits per heavy atom. The van der Waals surface area contributed by atoms with E-state index in [0.717, 1.165) is 13.1 Å². The Morgan fingerprint density at radius 3 is 2.61 bits per heavy atom. The SMILES string of the molecule is CC1(C)CN(c2ncc(-c3nccc(NC(=O)CCl)n3)cn2)C1. The molecule has 2 aromatic rings. The minimum absolute atomic E-state index is 0.122. The third-order valence-corrected chi connectivity index (χ3v) is 3.70. The maximum absolute atomic E-state index is 11.3. The molecular weight excluding hydrogens is 316 g/mol. The van der Waals surface area contributed by atoms with Gasteiger partial charge in [0.05, 0.1) is 5.56 Å². The summed E-state index contributed by atoms with van der Waals surface area (Å²) in [5.41, 5.74) is 1.01. The first-order valence-electron chi connectivity index (χ1n) is 7.23. The molecule has 0 aromatic carbocycles. The van der Waals surface area contributed by atoms with Crippen LogP contribution in [0.2, 0.25) is 0 Å². The number of alkyl halides is 1. The number of amides is 1. The van der Waals surface area contributed by atoms with Crippen molar-refractivity contribution >= 4 is 29.3 Å². The molecule has 8 heteroatoms. The number of halogens is 1. The molecule has 0 bridgehead atoms. The Bertz CT molecular complexity index is 710. The summed E-state index contributed by atoms with van der Waals surface area (Å²) in [5.74, 6) is 1.12. The van der Waals surface area contributed by atoms with E-state index in [4.69, 9.17) is 11.6 Å². The summed E-state index contributed by atoms with van der Waals surface area (Å²) in [6.07, 6.45) is 4.95. The van der Waals surface area contributed by atoms with Crippen molar-refractivity contribution in [3.8, 4) is 11.4 Å². The van der Waals surface area contributed by atoms with Gasteiger partial charge in [0.25, 0.3) is 0 Å². The van der Waals surface area contributed by atoms with E-state index in [1.54, 1.807) is 24.7 Å². The highest BCUT2D eigenvalue weighted by Crippen LogP contribution is 2.31. The minimum Gasteiger partial charge on any atom is -0.340 e. The number of carbonyl (C=O) groups is 1. The van der Waals surface area contributed by atoms with Crippen LogP contribution in [0.15, 0.2) is 24.7 Å². The summed E-state index contributed by atoms with van der Waals surface area (Å²) in [4.78, 5) is 30.6. The van der Waals surface area contributed by atoms with Gasteiger partial charge in [-0.2, -0.15) is 0 Å². The fraction of sp³-hybridized carbons (Fsp3) is 0.400. The van der Waals surface area contributed by atoms with Crippen molar-refractivity contribution in [1.82, 2.24) is 19.9 Å². The van der Waals surface area contributed by atoms with E-state index >= 15 is 0 Å². The van der Waals surface area contributed by atoms with Crippen LogP contribution in [0.1, 0.15) is 13.8 Å². The number of hydrogen-bond acceptors (Lipinski definition) is 6. The molecule has 0 saturated carbocycles.